The van der Waals surface area contributed by atoms with Crippen molar-refractivity contribution in [2.24, 2.45) is 5.92 Å². The van der Waals surface area contributed by atoms with Crippen molar-refractivity contribution >= 4 is 16.7 Å². The van der Waals surface area contributed by atoms with E-state index >= 15 is 0 Å². The van der Waals surface area contributed by atoms with Gasteiger partial charge in [-0.25, -0.2) is 4.98 Å². The lowest BCUT2D eigenvalue weighted by molar-refractivity contribution is 0.231. The van der Waals surface area contributed by atoms with Gasteiger partial charge in [-0.1, -0.05) is 38.1 Å². The number of aromatic nitrogens is 3. The molecule has 6 nitrogen and oxygen atoms in total. The van der Waals surface area contributed by atoms with E-state index in [0.29, 0.717) is 17.3 Å². The number of benzene rings is 1. The number of hydrogen-bond donors (Lipinski definition) is 2. The van der Waals surface area contributed by atoms with Crippen LogP contribution in [-0.4, -0.2) is 52.6 Å². The summed E-state index contributed by atoms with van der Waals surface area (Å²) in [6.45, 7) is 9.96. The molecule has 2 N–H and O–H groups in total. The summed E-state index contributed by atoms with van der Waals surface area (Å²) >= 11 is 0. The first-order chi connectivity index (χ1) is 14.6. The number of piperazine rings is 1. The van der Waals surface area contributed by atoms with Crippen LogP contribution in [0.4, 0.5) is 5.69 Å². The van der Waals surface area contributed by atoms with Gasteiger partial charge in [0.2, 0.25) is 0 Å². The Morgan fingerprint density at radius 1 is 1.00 bits per heavy atom. The summed E-state index contributed by atoms with van der Waals surface area (Å²) in [4.78, 5) is 28.6. The maximum atomic E-state index is 12.6. The van der Waals surface area contributed by atoms with E-state index in [9.17, 15) is 4.79 Å². The number of fused-ring (bicyclic) bond motifs is 2. The van der Waals surface area contributed by atoms with E-state index in [1.54, 1.807) is 0 Å². The Morgan fingerprint density at radius 3 is 2.60 bits per heavy atom. The molecule has 0 unspecified atom stereocenters. The number of rotatable bonds is 4. The molecule has 3 aliphatic rings. The molecule has 2 aromatic rings. The van der Waals surface area contributed by atoms with Gasteiger partial charge in [-0.2, -0.15) is 0 Å². The number of imidazole rings is 1. The molecule has 1 aromatic heterocycles. The van der Waals surface area contributed by atoms with Crippen molar-refractivity contribution in [2.45, 2.75) is 13.8 Å². The van der Waals surface area contributed by atoms with Crippen LogP contribution in [0, 0.1) is 5.92 Å². The van der Waals surface area contributed by atoms with Crippen LogP contribution >= 0.6 is 0 Å². The Balaban J connectivity index is 1.44. The van der Waals surface area contributed by atoms with E-state index in [0.717, 1.165) is 55.0 Å². The van der Waals surface area contributed by atoms with Gasteiger partial charge >= 0.3 is 0 Å². The zero-order valence-corrected chi connectivity index (χ0v) is 17.5. The summed E-state index contributed by atoms with van der Waals surface area (Å²) in [7, 11) is 0. The molecule has 0 saturated carbocycles. The van der Waals surface area contributed by atoms with Gasteiger partial charge in [-0.15, -0.1) is 0 Å². The van der Waals surface area contributed by atoms with Gasteiger partial charge in [-0.3, -0.25) is 9.69 Å². The molecule has 0 atom stereocenters. The largest absolute Gasteiger partial charge is 0.369 e. The first-order valence-electron chi connectivity index (χ1n) is 10.7. The maximum Gasteiger partial charge on any atom is 0.260 e. The fourth-order valence-corrected chi connectivity index (χ4v) is 4.43. The molecule has 0 amide bonds. The SMILES string of the molecule is CC(C)CN1CCN(c2ccc3nc(-c4c5cccccc-5[nH]c4=O)[nH]c3c2)CC1. The predicted octanol–water partition coefficient (Wildman–Crippen LogP) is 3.80. The highest BCUT2D eigenvalue weighted by molar-refractivity contribution is 5.87. The van der Waals surface area contributed by atoms with Crippen molar-refractivity contribution < 1.29 is 0 Å². The molecule has 6 heteroatoms. The summed E-state index contributed by atoms with van der Waals surface area (Å²) in [6, 6.07) is 16.0. The molecule has 154 valence electrons. The fourth-order valence-electron chi connectivity index (χ4n) is 4.43. The molecule has 5 rings (SSSR count). The lowest BCUT2D eigenvalue weighted by atomic mass is 10.1. The second-order valence-electron chi connectivity index (χ2n) is 8.54. The van der Waals surface area contributed by atoms with E-state index in [1.807, 2.05) is 36.4 Å². The van der Waals surface area contributed by atoms with Crippen LogP contribution in [0.2, 0.25) is 0 Å². The zero-order chi connectivity index (χ0) is 20.7. The minimum absolute atomic E-state index is 0.114. The summed E-state index contributed by atoms with van der Waals surface area (Å²) in [5.74, 6) is 1.32. The normalized spacial score (nSPS) is 15.5. The van der Waals surface area contributed by atoms with Crippen LogP contribution < -0.4 is 10.5 Å². The standard InChI is InChI=1S/C24H27N5O/c1-16(2)15-28-10-12-29(13-11-28)17-8-9-20-21(14-17)26-23(25-20)22-18-6-4-3-5-7-19(18)27-24(22)30/h3-9,14,16H,10-13,15H2,1-2H3,(H,25,26)(H,27,30). The van der Waals surface area contributed by atoms with E-state index in [2.05, 4.69) is 45.7 Å². The average molecular weight is 402 g/mol. The van der Waals surface area contributed by atoms with Gasteiger partial charge in [0.15, 0.2) is 0 Å². The van der Waals surface area contributed by atoms with Crippen molar-refractivity contribution in [1.82, 2.24) is 19.9 Å². The molecular weight excluding hydrogens is 374 g/mol. The molecule has 1 saturated heterocycles. The van der Waals surface area contributed by atoms with E-state index < -0.39 is 0 Å². The lowest BCUT2D eigenvalue weighted by Crippen LogP contribution is -2.47. The summed E-state index contributed by atoms with van der Waals surface area (Å²) < 4.78 is 0. The molecule has 1 aromatic carbocycles. The highest BCUT2D eigenvalue weighted by Gasteiger charge is 2.21. The van der Waals surface area contributed by atoms with Crippen molar-refractivity contribution in [3.05, 3.63) is 58.9 Å². The van der Waals surface area contributed by atoms with Gasteiger partial charge < -0.3 is 14.9 Å². The molecule has 0 bridgehead atoms. The summed E-state index contributed by atoms with van der Waals surface area (Å²) in [6.07, 6.45) is 0. The molecule has 0 radical (unpaired) electrons. The molecule has 1 aliphatic carbocycles. The summed E-state index contributed by atoms with van der Waals surface area (Å²) in [5, 5.41) is 0. The first-order valence-corrected chi connectivity index (χ1v) is 10.7. The third kappa shape index (κ3) is 3.48. The number of H-pyrrole nitrogens is 2. The van der Waals surface area contributed by atoms with Gasteiger partial charge in [0.05, 0.1) is 16.6 Å². The van der Waals surface area contributed by atoms with Crippen molar-refractivity contribution in [1.29, 1.82) is 0 Å². The smallest absolute Gasteiger partial charge is 0.260 e. The zero-order valence-electron chi connectivity index (χ0n) is 17.5. The minimum Gasteiger partial charge on any atom is -0.369 e. The fraction of sp³-hybridized carbons (Fsp3) is 0.333. The van der Waals surface area contributed by atoms with Gasteiger partial charge in [0, 0.05) is 49.7 Å². The van der Waals surface area contributed by atoms with Crippen molar-refractivity contribution in [3.8, 4) is 22.6 Å². The third-order valence-corrected chi connectivity index (χ3v) is 5.85. The molecule has 30 heavy (non-hydrogen) atoms. The monoisotopic (exact) mass is 401 g/mol. The average Bonchev–Trinajstić information content (AvgIpc) is 3.19. The Hall–Kier alpha value is -3.12. The maximum absolute atomic E-state index is 12.6. The third-order valence-electron chi connectivity index (χ3n) is 5.85. The number of aromatic amines is 2. The molecule has 1 fully saturated rings. The minimum atomic E-state index is -0.114. The van der Waals surface area contributed by atoms with Gasteiger partial charge in [0.25, 0.3) is 5.56 Å². The van der Waals surface area contributed by atoms with Crippen LogP contribution in [0.5, 0.6) is 0 Å². The Kier molecular flexibility index (Phi) is 4.79. The van der Waals surface area contributed by atoms with Crippen molar-refractivity contribution in [3.63, 3.8) is 0 Å². The predicted molar refractivity (Wildman–Crippen MR) is 122 cm³/mol. The lowest BCUT2D eigenvalue weighted by Gasteiger charge is -2.36. The van der Waals surface area contributed by atoms with Crippen molar-refractivity contribution in [2.75, 3.05) is 37.6 Å². The van der Waals surface area contributed by atoms with Crippen LogP contribution in [-0.2, 0) is 0 Å². The van der Waals surface area contributed by atoms with Gasteiger partial charge in [-0.05, 0) is 30.2 Å². The number of nitrogens with one attached hydrogen (secondary N) is 2. The Labute approximate surface area is 175 Å². The molecule has 0 spiro atoms. The second-order valence-corrected chi connectivity index (χ2v) is 8.54. The number of anilines is 1. The van der Waals surface area contributed by atoms with Crippen LogP contribution in [0.1, 0.15) is 13.8 Å². The number of nitrogens with zero attached hydrogens (tertiary/aromatic N) is 3. The Bertz CT molecular complexity index is 1200. The van der Waals surface area contributed by atoms with Crippen LogP contribution in [0.25, 0.3) is 33.7 Å². The highest BCUT2D eigenvalue weighted by Crippen LogP contribution is 2.30. The topological polar surface area (TPSA) is 68.0 Å². The van der Waals surface area contributed by atoms with Crippen LogP contribution in [0.15, 0.2) is 53.3 Å². The van der Waals surface area contributed by atoms with E-state index in [4.69, 9.17) is 4.98 Å². The van der Waals surface area contributed by atoms with Gasteiger partial charge in [0.1, 0.15) is 5.82 Å². The quantitative estimate of drug-likeness (QED) is 0.546. The molecular formula is C24H27N5O. The van der Waals surface area contributed by atoms with E-state index in [1.165, 1.54) is 5.69 Å². The molecule has 2 aliphatic heterocycles. The van der Waals surface area contributed by atoms with Crippen LogP contribution in [0.3, 0.4) is 0 Å². The summed E-state index contributed by atoms with van der Waals surface area (Å²) in [5.41, 5.74) is 5.22. The number of hydrogen-bond acceptors (Lipinski definition) is 4. The Morgan fingerprint density at radius 2 is 1.80 bits per heavy atom. The second kappa shape index (κ2) is 7.61. The first kappa shape index (κ1) is 18.9. The molecule has 3 heterocycles. The highest BCUT2D eigenvalue weighted by atomic mass is 16.1. The van der Waals surface area contributed by atoms with E-state index in [-0.39, 0.29) is 5.56 Å².